The van der Waals surface area contributed by atoms with Crippen molar-refractivity contribution in [2.45, 2.75) is 26.0 Å². The van der Waals surface area contributed by atoms with E-state index in [-0.39, 0.29) is 44.1 Å². The number of rotatable bonds is 14. The number of aromatic nitrogens is 2. The molecular weight excluding hydrogens is 651 g/mol. The SMILES string of the molecule is CS(=O)(=O)CCN(Cc1ccc(-c2ccc3ncnc(Nc4ccc(OCc5cccc(F)c5)c(Cl)c4)c3c2)o1)C(=O)CCC(=O)O. The van der Waals surface area contributed by atoms with Crippen molar-refractivity contribution in [3.8, 4) is 17.1 Å². The van der Waals surface area contributed by atoms with Crippen LogP contribution in [0.3, 0.4) is 0 Å². The fraction of sp³-hybridized carbons (Fsp3) is 0.212. The Hall–Kier alpha value is -5.01. The molecule has 5 aromatic rings. The fourth-order valence-electron chi connectivity index (χ4n) is 4.68. The molecule has 2 aromatic heterocycles. The summed E-state index contributed by atoms with van der Waals surface area (Å²) in [6.07, 6.45) is 1.87. The number of ether oxygens (including phenoxy) is 1. The monoisotopic (exact) mass is 680 g/mol. The first kappa shape index (κ1) is 33.4. The summed E-state index contributed by atoms with van der Waals surface area (Å²) in [5.74, 6) is -0.404. The van der Waals surface area contributed by atoms with Crippen LogP contribution >= 0.6 is 11.6 Å². The van der Waals surface area contributed by atoms with E-state index >= 15 is 0 Å². The van der Waals surface area contributed by atoms with Crippen LogP contribution < -0.4 is 10.1 Å². The standard InChI is InChI=1S/C33H30ClFN4O7S/c1-47(43,44)14-13-39(31(40)11-12-32(41)42)18-25-7-10-29(46-25)22-5-8-28-26(16-22)33(37-20-36-28)38-24-6-9-30(27(34)17-24)45-19-21-3-2-4-23(35)15-21/h2-10,15-17,20H,11-14,18-19H2,1H3,(H,41,42)(H,36,37,38). The predicted molar refractivity (Wildman–Crippen MR) is 175 cm³/mol. The third-order valence-electron chi connectivity index (χ3n) is 7.04. The largest absolute Gasteiger partial charge is 0.487 e. The lowest BCUT2D eigenvalue weighted by Crippen LogP contribution is -2.34. The highest BCUT2D eigenvalue weighted by Crippen LogP contribution is 2.33. The molecule has 1 amide bonds. The number of carboxylic acids is 1. The molecule has 0 aliphatic rings. The molecule has 0 atom stereocenters. The van der Waals surface area contributed by atoms with Gasteiger partial charge < -0.3 is 24.5 Å². The van der Waals surface area contributed by atoms with Crippen molar-refractivity contribution in [1.82, 2.24) is 14.9 Å². The maximum absolute atomic E-state index is 13.5. The molecule has 0 saturated heterocycles. The van der Waals surface area contributed by atoms with E-state index in [1.165, 1.54) is 23.4 Å². The van der Waals surface area contributed by atoms with Crippen molar-refractivity contribution in [3.63, 3.8) is 0 Å². The average molecular weight is 681 g/mol. The lowest BCUT2D eigenvalue weighted by molar-refractivity contribution is -0.141. The summed E-state index contributed by atoms with van der Waals surface area (Å²) in [7, 11) is -3.36. The Morgan fingerprint density at radius 3 is 2.62 bits per heavy atom. The maximum Gasteiger partial charge on any atom is 0.303 e. The third-order valence-corrected chi connectivity index (χ3v) is 8.26. The number of furan rings is 1. The molecule has 47 heavy (non-hydrogen) atoms. The van der Waals surface area contributed by atoms with E-state index < -0.39 is 21.7 Å². The number of amides is 1. The van der Waals surface area contributed by atoms with Gasteiger partial charge in [-0.05, 0) is 66.2 Å². The van der Waals surface area contributed by atoms with Gasteiger partial charge >= 0.3 is 5.97 Å². The maximum atomic E-state index is 13.5. The van der Waals surface area contributed by atoms with Gasteiger partial charge in [-0.3, -0.25) is 9.59 Å². The van der Waals surface area contributed by atoms with E-state index in [4.69, 9.17) is 25.9 Å². The summed E-state index contributed by atoms with van der Waals surface area (Å²) >= 11 is 6.48. The Labute approximate surface area is 274 Å². The first-order valence-corrected chi connectivity index (χ1v) is 16.8. The molecule has 244 valence electrons. The van der Waals surface area contributed by atoms with Gasteiger partial charge in [-0.2, -0.15) is 0 Å². The first-order chi connectivity index (χ1) is 22.4. The molecule has 0 fully saturated rings. The van der Waals surface area contributed by atoms with Gasteiger partial charge in [0.1, 0.15) is 51.7 Å². The number of carbonyl (C=O) groups excluding carboxylic acids is 1. The number of hydrogen-bond acceptors (Lipinski definition) is 9. The summed E-state index contributed by atoms with van der Waals surface area (Å²) < 4.78 is 48.8. The highest BCUT2D eigenvalue weighted by Gasteiger charge is 2.19. The number of nitrogens with one attached hydrogen (secondary N) is 1. The average Bonchev–Trinajstić information content (AvgIpc) is 3.50. The van der Waals surface area contributed by atoms with E-state index in [0.717, 1.165) is 6.26 Å². The van der Waals surface area contributed by atoms with E-state index in [2.05, 4.69) is 15.3 Å². The molecule has 2 N–H and O–H groups in total. The van der Waals surface area contributed by atoms with Crippen LogP contribution in [0.4, 0.5) is 15.9 Å². The number of nitrogens with zero attached hydrogens (tertiary/aromatic N) is 3. The van der Waals surface area contributed by atoms with Gasteiger partial charge in [0.15, 0.2) is 0 Å². The van der Waals surface area contributed by atoms with Crippen LogP contribution in [0, 0.1) is 5.82 Å². The highest BCUT2D eigenvalue weighted by molar-refractivity contribution is 7.90. The second kappa shape index (κ2) is 14.6. The van der Waals surface area contributed by atoms with Crippen molar-refractivity contribution < 1.29 is 36.7 Å². The number of anilines is 2. The van der Waals surface area contributed by atoms with Crippen LogP contribution in [0.15, 0.2) is 83.5 Å². The van der Waals surface area contributed by atoms with E-state index in [9.17, 15) is 22.4 Å². The van der Waals surface area contributed by atoms with Crippen LogP contribution in [0.2, 0.25) is 5.02 Å². The van der Waals surface area contributed by atoms with Crippen molar-refractivity contribution in [1.29, 1.82) is 0 Å². The van der Waals surface area contributed by atoms with Crippen molar-refractivity contribution in [2.75, 3.05) is 23.9 Å². The molecule has 0 bridgehead atoms. The zero-order valence-electron chi connectivity index (χ0n) is 25.2. The summed E-state index contributed by atoms with van der Waals surface area (Å²) in [5.41, 5.74) is 2.67. The van der Waals surface area contributed by atoms with Gasteiger partial charge in [0.05, 0.1) is 29.3 Å². The molecule has 14 heteroatoms. The van der Waals surface area contributed by atoms with Gasteiger partial charge in [-0.1, -0.05) is 23.7 Å². The molecule has 11 nitrogen and oxygen atoms in total. The van der Waals surface area contributed by atoms with Crippen LogP contribution in [-0.4, -0.2) is 58.8 Å². The molecule has 2 heterocycles. The zero-order chi connectivity index (χ0) is 33.6. The summed E-state index contributed by atoms with van der Waals surface area (Å²) in [5, 5.41) is 13.3. The van der Waals surface area contributed by atoms with Crippen molar-refractivity contribution >= 4 is 55.7 Å². The van der Waals surface area contributed by atoms with Gasteiger partial charge in [-0.15, -0.1) is 0 Å². The minimum Gasteiger partial charge on any atom is -0.487 e. The fourth-order valence-corrected chi connectivity index (χ4v) is 5.46. The summed E-state index contributed by atoms with van der Waals surface area (Å²) in [4.78, 5) is 33.7. The molecule has 0 saturated carbocycles. The summed E-state index contributed by atoms with van der Waals surface area (Å²) in [6, 6.07) is 20.2. The van der Waals surface area contributed by atoms with Crippen LogP contribution in [0.1, 0.15) is 24.2 Å². The molecule has 3 aromatic carbocycles. The first-order valence-electron chi connectivity index (χ1n) is 14.4. The Bertz CT molecular complexity index is 2040. The van der Waals surface area contributed by atoms with Crippen LogP contribution in [0.25, 0.3) is 22.2 Å². The van der Waals surface area contributed by atoms with Gasteiger partial charge in [-0.25, -0.2) is 22.8 Å². The number of benzene rings is 3. The summed E-state index contributed by atoms with van der Waals surface area (Å²) in [6.45, 7) is 0.0255. The molecule has 0 aliphatic heterocycles. The normalized spacial score (nSPS) is 11.4. The number of hydrogen-bond donors (Lipinski definition) is 2. The molecule has 0 spiro atoms. The van der Waals surface area contributed by atoms with Crippen LogP contribution in [0.5, 0.6) is 5.75 Å². The van der Waals surface area contributed by atoms with Gasteiger partial charge in [0, 0.05) is 35.9 Å². The van der Waals surface area contributed by atoms with Crippen molar-refractivity contribution in [3.05, 3.63) is 101 Å². The second-order valence-electron chi connectivity index (χ2n) is 10.7. The Morgan fingerprint density at radius 1 is 1.04 bits per heavy atom. The smallest absolute Gasteiger partial charge is 0.303 e. The lowest BCUT2D eigenvalue weighted by Gasteiger charge is -2.21. The highest BCUT2D eigenvalue weighted by atomic mass is 35.5. The molecule has 0 radical (unpaired) electrons. The molecule has 0 aliphatic carbocycles. The molecular formula is C33H30ClFN4O7S. The van der Waals surface area contributed by atoms with E-state index in [0.29, 0.717) is 55.8 Å². The van der Waals surface area contributed by atoms with Crippen LogP contribution in [-0.2, 0) is 32.6 Å². The van der Waals surface area contributed by atoms with Gasteiger partial charge in [0.25, 0.3) is 0 Å². The number of carboxylic acid groups (broad SMARTS) is 1. The zero-order valence-corrected chi connectivity index (χ0v) is 26.7. The quantitative estimate of drug-likeness (QED) is 0.138. The minimum atomic E-state index is -3.36. The minimum absolute atomic E-state index is 0.0276. The Balaban J connectivity index is 1.32. The Morgan fingerprint density at radius 2 is 1.87 bits per heavy atom. The number of fused-ring (bicyclic) bond motifs is 1. The molecule has 0 unspecified atom stereocenters. The number of aliphatic carboxylic acids is 1. The number of sulfone groups is 1. The van der Waals surface area contributed by atoms with Gasteiger partial charge in [0.2, 0.25) is 5.91 Å². The molecule has 5 rings (SSSR count). The Kier molecular flexibility index (Phi) is 10.4. The second-order valence-corrected chi connectivity index (χ2v) is 13.4. The number of halogens is 2. The number of carbonyl (C=O) groups is 2. The topological polar surface area (TPSA) is 152 Å². The van der Waals surface area contributed by atoms with E-state index in [1.807, 2.05) is 18.2 Å². The van der Waals surface area contributed by atoms with E-state index in [1.54, 1.807) is 42.5 Å². The van der Waals surface area contributed by atoms with Crippen molar-refractivity contribution in [2.24, 2.45) is 0 Å². The third kappa shape index (κ3) is 9.27. The lowest BCUT2D eigenvalue weighted by atomic mass is 10.1. The predicted octanol–water partition coefficient (Wildman–Crippen LogP) is 6.24.